The SMILES string of the molecule is C[C@H](NC(=O)C1CCN(C(=O)c2cccs2)CC1)c1cc2ccccc2o1. The molecule has 2 amide bonds. The molecule has 2 aromatic heterocycles. The number of thiophene rings is 1. The molecule has 27 heavy (non-hydrogen) atoms. The third kappa shape index (κ3) is 3.76. The zero-order valence-corrected chi connectivity index (χ0v) is 16.0. The smallest absolute Gasteiger partial charge is 0.263 e. The van der Waals surface area contributed by atoms with Crippen LogP contribution in [-0.2, 0) is 4.79 Å². The molecule has 6 heteroatoms. The number of hydrogen-bond donors (Lipinski definition) is 1. The lowest BCUT2D eigenvalue weighted by Gasteiger charge is -2.31. The highest BCUT2D eigenvalue weighted by molar-refractivity contribution is 7.12. The van der Waals surface area contributed by atoms with Gasteiger partial charge in [0.15, 0.2) is 0 Å². The van der Waals surface area contributed by atoms with E-state index in [1.165, 1.54) is 11.3 Å². The van der Waals surface area contributed by atoms with Gasteiger partial charge in [-0.05, 0) is 43.3 Å². The second-order valence-corrected chi connectivity index (χ2v) is 7.91. The van der Waals surface area contributed by atoms with Crippen molar-refractivity contribution in [1.29, 1.82) is 0 Å². The Labute approximate surface area is 162 Å². The van der Waals surface area contributed by atoms with Crippen molar-refractivity contribution in [3.8, 4) is 0 Å². The Hall–Kier alpha value is -2.60. The number of nitrogens with zero attached hydrogens (tertiary/aromatic N) is 1. The van der Waals surface area contributed by atoms with E-state index in [4.69, 9.17) is 4.42 Å². The van der Waals surface area contributed by atoms with E-state index in [9.17, 15) is 9.59 Å². The minimum atomic E-state index is -0.185. The first kappa shape index (κ1) is 17.8. The van der Waals surface area contributed by atoms with E-state index in [1.807, 2.05) is 59.7 Å². The molecule has 0 saturated carbocycles. The summed E-state index contributed by atoms with van der Waals surface area (Å²) in [7, 11) is 0. The van der Waals surface area contributed by atoms with Gasteiger partial charge < -0.3 is 14.6 Å². The number of para-hydroxylation sites is 1. The Morgan fingerprint density at radius 2 is 1.96 bits per heavy atom. The topological polar surface area (TPSA) is 62.6 Å². The summed E-state index contributed by atoms with van der Waals surface area (Å²) in [4.78, 5) is 27.7. The van der Waals surface area contributed by atoms with Crippen molar-refractivity contribution in [2.24, 2.45) is 5.92 Å². The molecule has 1 aliphatic heterocycles. The molecule has 1 saturated heterocycles. The van der Waals surface area contributed by atoms with Crippen molar-refractivity contribution < 1.29 is 14.0 Å². The molecular formula is C21H22N2O3S. The number of likely N-dealkylation sites (tertiary alicyclic amines) is 1. The molecular weight excluding hydrogens is 360 g/mol. The summed E-state index contributed by atoms with van der Waals surface area (Å²) in [6.07, 6.45) is 1.38. The highest BCUT2D eigenvalue weighted by Crippen LogP contribution is 2.25. The number of fused-ring (bicyclic) bond motifs is 1. The molecule has 5 nitrogen and oxygen atoms in total. The Morgan fingerprint density at radius 1 is 1.19 bits per heavy atom. The van der Waals surface area contributed by atoms with Gasteiger partial charge in [-0.15, -0.1) is 11.3 Å². The van der Waals surface area contributed by atoms with Gasteiger partial charge in [0.25, 0.3) is 5.91 Å². The number of nitrogens with one attached hydrogen (secondary N) is 1. The maximum Gasteiger partial charge on any atom is 0.263 e. The van der Waals surface area contributed by atoms with Crippen LogP contribution in [0.3, 0.4) is 0 Å². The summed E-state index contributed by atoms with van der Waals surface area (Å²) in [5, 5.41) is 6.01. The summed E-state index contributed by atoms with van der Waals surface area (Å²) in [5.41, 5.74) is 0.828. The van der Waals surface area contributed by atoms with E-state index < -0.39 is 0 Å². The first-order chi connectivity index (χ1) is 13.1. The first-order valence-electron chi connectivity index (χ1n) is 9.23. The van der Waals surface area contributed by atoms with Crippen LogP contribution in [0.2, 0.25) is 0 Å². The molecule has 0 spiro atoms. The largest absolute Gasteiger partial charge is 0.459 e. The van der Waals surface area contributed by atoms with E-state index in [0.717, 1.165) is 21.6 Å². The fourth-order valence-corrected chi connectivity index (χ4v) is 4.21. The van der Waals surface area contributed by atoms with Crippen LogP contribution in [0.15, 0.2) is 52.3 Å². The number of piperidine rings is 1. The van der Waals surface area contributed by atoms with Crippen LogP contribution in [0, 0.1) is 5.92 Å². The van der Waals surface area contributed by atoms with Gasteiger partial charge in [-0.2, -0.15) is 0 Å². The quantitative estimate of drug-likeness (QED) is 0.735. The zero-order valence-electron chi connectivity index (χ0n) is 15.2. The van der Waals surface area contributed by atoms with Gasteiger partial charge in [-0.3, -0.25) is 9.59 Å². The minimum Gasteiger partial charge on any atom is -0.459 e. The Balaban J connectivity index is 1.33. The maximum atomic E-state index is 12.6. The molecule has 3 aromatic rings. The minimum absolute atomic E-state index is 0.0335. The van der Waals surface area contributed by atoms with Crippen molar-refractivity contribution >= 4 is 34.1 Å². The van der Waals surface area contributed by atoms with Gasteiger partial charge in [-0.1, -0.05) is 24.3 Å². The third-order valence-corrected chi connectivity index (χ3v) is 5.97. The Morgan fingerprint density at radius 3 is 2.67 bits per heavy atom. The lowest BCUT2D eigenvalue weighted by molar-refractivity contribution is -0.127. The van der Waals surface area contributed by atoms with Crippen LogP contribution in [-0.4, -0.2) is 29.8 Å². The summed E-state index contributed by atoms with van der Waals surface area (Å²) in [5.74, 6) is 0.796. The van der Waals surface area contributed by atoms with Gasteiger partial charge in [-0.25, -0.2) is 0 Å². The van der Waals surface area contributed by atoms with E-state index in [1.54, 1.807) is 0 Å². The van der Waals surface area contributed by atoms with E-state index in [0.29, 0.717) is 25.9 Å². The van der Waals surface area contributed by atoms with E-state index in [2.05, 4.69) is 5.32 Å². The number of hydrogen-bond acceptors (Lipinski definition) is 4. The van der Waals surface area contributed by atoms with Gasteiger partial charge in [0.05, 0.1) is 10.9 Å². The normalized spacial score (nSPS) is 16.4. The summed E-state index contributed by atoms with van der Waals surface area (Å²) in [6, 6.07) is 13.3. The molecule has 0 radical (unpaired) electrons. The summed E-state index contributed by atoms with van der Waals surface area (Å²) >= 11 is 1.46. The number of benzene rings is 1. The van der Waals surface area contributed by atoms with Crippen LogP contribution < -0.4 is 5.32 Å². The molecule has 140 valence electrons. The van der Waals surface area contributed by atoms with Crippen LogP contribution in [0.25, 0.3) is 11.0 Å². The van der Waals surface area contributed by atoms with Gasteiger partial charge in [0, 0.05) is 24.4 Å². The van der Waals surface area contributed by atoms with Crippen molar-refractivity contribution in [1.82, 2.24) is 10.2 Å². The number of carbonyl (C=O) groups is 2. The van der Waals surface area contributed by atoms with Crippen molar-refractivity contribution in [2.45, 2.75) is 25.8 Å². The van der Waals surface area contributed by atoms with Crippen LogP contribution in [0.1, 0.15) is 41.2 Å². The lowest BCUT2D eigenvalue weighted by atomic mass is 9.95. The van der Waals surface area contributed by atoms with Crippen LogP contribution in [0.5, 0.6) is 0 Å². The van der Waals surface area contributed by atoms with Crippen molar-refractivity contribution in [3.05, 3.63) is 58.5 Å². The number of furan rings is 1. The predicted octanol–water partition coefficient (Wildman–Crippen LogP) is 4.22. The number of rotatable bonds is 4. The molecule has 1 aromatic carbocycles. The average molecular weight is 382 g/mol. The Kier molecular flexibility index (Phi) is 4.99. The molecule has 1 N–H and O–H groups in total. The molecule has 3 heterocycles. The molecule has 1 atom stereocenters. The predicted molar refractivity (Wildman–Crippen MR) is 106 cm³/mol. The van der Waals surface area contributed by atoms with Gasteiger partial charge >= 0.3 is 0 Å². The number of carbonyl (C=O) groups excluding carboxylic acids is 2. The average Bonchev–Trinajstić information content (AvgIpc) is 3.37. The Bertz CT molecular complexity index is 906. The molecule has 0 aliphatic carbocycles. The first-order valence-corrected chi connectivity index (χ1v) is 10.1. The number of amides is 2. The zero-order chi connectivity index (χ0) is 18.8. The van der Waals surface area contributed by atoms with Crippen LogP contribution >= 0.6 is 11.3 Å². The maximum absolute atomic E-state index is 12.6. The molecule has 0 unspecified atom stereocenters. The lowest BCUT2D eigenvalue weighted by Crippen LogP contribution is -2.43. The second kappa shape index (κ2) is 7.56. The third-order valence-electron chi connectivity index (χ3n) is 5.12. The highest BCUT2D eigenvalue weighted by Gasteiger charge is 2.29. The molecule has 1 aliphatic rings. The van der Waals surface area contributed by atoms with Crippen LogP contribution in [0.4, 0.5) is 0 Å². The fourth-order valence-electron chi connectivity index (χ4n) is 3.52. The van der Waals surface area contributed by atoms with E-state index >= 15 is 0 Å². The molecule has 0 bridgehead atoms. The van der Waals surface area contributed by atoms with Crippen molar-refractivity contribution in [2.75, 3.05) is 13.1 Å². The molecule has 4 rings (SSSR count). The monoisotopic (exact) mass is 382 g/mol. The second-order valence-electron chi connectivity index (χ2n) is 6.96. The van der Waals surface area contributed by atoms with Crippen molar-refractivity contribution in [3.63, 3.8) is 0 Å². The highest BCUT2D eigenvalue weighted by atomic mass is 32.1. The summed E-state index contributed by atoms with van der Waals surface area (Å²) < 4.78 is 5.84. The van der Waals surface area contributed by atoms with E-state index in [-0.39, 0.29) is 23.8 Å². The molecule has 1 fully saturated rings. The van der Waals surface area contributed by atoms with Gasteiger partial charge in [0.2, 0.25) is 5.91 Å². The standard InChI is InChI=1S/C21H22N2O3S/c1-14(18-13-16-5-2-3-6-17(16)26-18)22-20(24)15-8-10-23(11-9-15)21(25)19-7-4-12-27-19/h2-7,12-15H,8-11H2,1H3,(H,22,24)/t14-/m0/s1. The fraction of sp³-hybridized carbons (Fsp3) is 0.333. The van der Waals surface area contributed by atoms with Gasteiger partial charge in [0.1, 0.15) is 11.3 Å². The summed E-state index contributed by atoms with van der Waals surface area (Å²) in [6.45, 7) is 3.17.